The number of benzene rings is 1. The monoisotopic (exact) mass is 286 g/mol. The summed E-state index contributed by atoms with van der Waals surface area (Å²) in [5, 5.41) is 0.653. The van der Waals surface area contributed by atoms with Crippen LogP contribution in [0, 0.1) is 5.92 Å². The van der Waals surface area contributed by atoms with E-state index in [1.54, 1.807) is 18.2 Å². The summed E-state index contributed by atoms with van der Waals surface area (Å²) < 4.78 is 0.802. The van der Waals surface area contributed by atoms with Gasteiger partial charge < -0.3 is 0 Å². The summed E-state index contributed by atoms with van der Waals surface area (Å²) in [7, 11) is 0. The Morgan fingerprint density at radius 3 is 2.80 bits per heavy atom. The average molecular weight is 288 g/mol. The molecule has 15 heavy (non-hydrogen) atoms. The van der Waals surface area contributed by atoms with E-state index < -0.39 is 0 Å². The van der Waals surface area contributed by atoms with E-state index in [-0.39, 0.29) is 5.78 Å². The van der Waals surface area contributed by atoms with Crippen LogP contribution in [0.25, 0.3) is 0 Å². The van der Waals surface area contributed by atoms with Crippen molar-refractivity contribution in [3.63, 3.8) is 0 Å². The number of halogens is 2. The first-order valence-corrected chi connectivity index (χ1v) is 6.32. The van der Waals surface area contributed by atoms with Crippen LogP contribution in [-0.4, -0.2) is 5.78 Å². The first kappa shape index (κ1) is 11.2. The molecule has 1 aromatic carbocycles. The number of rotatable bonds is 4. The molecular formula is C12H12BrClO. The van der Waals surface area contributed by atoms with Gasteiger partial charge in [0, 0.05) is 21.5 Å². The van der Waals surface area contributed by atoms with Crippen molar-refractivity contribution in [2.75, 3.05) is 0 Å². The van der Waals surface area contributed by atoms with Gasteiger partial charge in [0.15, 0.2) is 5.78 Å². The van der Waals surface area contributed by atoms with Crippen LogP contribution in [0.2, 0.25) is 5.02 Å². The average Bonchev–Trinajstić information content (AvgIpc) is 2.97. The third-order valence-electron chi connectivity index (χ3n) is 2.71. The van der Waals surface area contributed by atoms with E-state index in [9.17, 15) is 4.79 Å². The smallest absolute Gasteiger partial charge is 0.164 e. The Labute approximate surface area is 103 Å². The maximum Gasteiger partial charge on any atom is 0.164 e. The highest BCUT2D eigenvalue weighted by molar-refractivity contribution is 9.10. The van der Waals surface area contributed by atoms with Gasteiger partial charge in [-0.3, -0.25) is 4.79 Å². The quantitative estimate of drug-likeness (QED) is 0.746. The van der Waals surface area contributed by atoms with Crippen LogP contribution in [0.15, 0.2) is 22.7 Å². The highest BCUT2D eigenvalue weighted by Crippen LogP contribution is 2.34. The Bertz CT molecular complexity index is 385. The van der Waals surface area contributed by atoms with Gasteiger partial charge >= 0.3 is 0 Å². The van der Waals surface area contributed by atoms with Crippen molar-refractivity contribution in [1.29, 1.82) is 0 Å². The molecule has 1 aliphatic rings. The molecule has 0 spiro atoms. The fourth-order valence-electron chi connectivity index (χ4n) is 1.59. The summed E-state index contributed by atoms with van der Waals surface area (Å²) in [6.45, 7) is 0. The molecule has 1 saturated carbocycles. The molecule has 2 rings (SSSR count). The highest BCUT2D eigenvalue weighted by Gasteiger charge is 2.22. The van der Waals surface area contributed by atoms with Crippen molar-refractivity contribution in [2.24, 2.45) is 5.92 Å². The van der Waals surface area contributed by atoms with Crippen molar-refractivity contribution in [1.82, 2.24) is 0 Å². The Kier molecular flexibility index (Phi) is 3.47. The molecule has 80 valence electrons. The molecule has 1 aromatic rings. The van der Waals surface area contributed by atoms with Crippen LogP contribution in [0.4, 0.5) is 0 Å². The van der Waals surface area contributed by atoms with Crippen LogP contribution in [0.3, 0.4) is 0 Å². The van der Waals surface area contributed by atoms with Crippen LogP contribution in [0.5, 0.6) is 0 Å². The fourth-order valence-corrected chi connectivity index (χ4v) is 2.50. The first-order valence-electron chi connectivity index (χ1n) is 5.15. The summed E-state index contributed by atoms with van der Waals surface area (Å²) in [6.07, 6.45) is 4.29. The topological polar surface area (TPSA) is 17.1 Å². The van der Waals surface area contributed by atoms with E-state index in [2.05, 4.69) is 15.9 Å². The number of hydrogen-bond donors (Lipinski definition) is 0. The van der Waals surface area contributed by atoms with Gasteiger partial charge in [-0.1, -0.05) is 24.4 Å². The molecule has 0 aliphatic heterocycles. The zero-order chi connectivity index (χ0) is 10.8. The zero-order valence-electron chi connectivity index (χ0n) is 8.30. The Morgan fingerprint density at radius 1 is 1.47 bits per heavy atom. The molecule has 0 bridgehead atoms. The SMILES string of the molecule is O=C(CCC1CC1)c1ccc(Cl)cc1Br. The molecule has 1 fully saturated rings. The van der Waals surface area contributed by atoms with E-state index >= 15 is 0 Å². The second-order valence-corrected chi connectivity index (χ2v) is 5.32. The van der Waals surface area contributed by atoms with Crippen LogP contribution in [0.1, 0.15) is 36.0 Å². The van der Waals surface area contributed by atoms with Crippen LogP contribution < -0.4 is 0 Å². The zero-order valence-corrected chi connectivity index (χ0v) is 10.6. The molecule has 0 radical (unpaired) electrons. The predicted octanol–water partition coefficient (Wildman–Crippen LogP) is 4.48. The Balaban J connectivity index is 2.03. The molecule has 1 aliphatic carbocycles. The molecule has 0 aromatic heterocycles. The molecular weight excluding hydrogens is 275 g/mol. The van der Waals surface area contributed by atoms with Gasteiger partial charge in [-0.2, -0.15) is 0 Å². The van der Waals surface area contributed by atoms with Crippen molar-refractivity contribution < 1.29 is 4.79 Å². The second-order valence-electron chi connectivity index (χ2n) is 4.03. The summed E-state index contributed by atoms with van der Waals surface area (Å²) in [4.78, 5) is 11.8. The summed E-state index contributed by atoms with van der Waals surface area (Å²) in [6, 6.07) is 5.32. The highest BCUT2D eigenvalue weighted by atomic mass is 79.9. The van der Waals surface area contributed by atoms with Crippen LogP contribution in [-0.2, 0) is 0 Å². The lowest BCUT2D eigenvalue weighted by molar-refractivity contribution is 0.0977. The Morgan fingerprint density at radius 2 is 2.20 bits per heavy atom. The van der Waals surface area contributed by atoms with Crippen molar-refractivity contribution in [3.05, 3.63) is 33.3 Å². The first-order chi connectivity index (χ1) is 7.16. The summed E-state index contributed by atoms with van der Waals surface area (Å²) in [5.74, 6) is 1.02. The van der Waals surface area contributed by atoms with Gasteiger partial charge in [-0.25, -0.2) is 0 Å². The molecule has 0 unspecified atom stereocenters. The van der Waals surface area contributed by atoms with Crippen molar-refractivity contribution >= 4 is 33.3 Å². The molecule has 3 heteroatoms. The minimum Gasteiger partial charge on any atom is -0.294 e. The van der Waals surface area contributed by atoms with Gasteiger partial charge in [0.2, 0.25) is 0 Å². The third kappa shape index (κ3) is 3.05. The number of ketones is 1. The minimum atomic E-state index is 0.213. The normalized spacial score (nSPS) is 15.3. The standard InChI is InChI=1S/C12H12BrClO/c13-11-7-9(14)4-5-10(11)12(15)6-3-8-1-2-8/h4-5,7-8H,1-3,6H2. The van der Waals surface area contributed by atoms with Gasteiger partial charge in [-0.05, 0) is 46.5 Å². The molecule has 0 saturated heterocycles. The molecule has 0 amide bonds. The van der Waals surface area contributed by atoms with E-state index in [4.69, 9.17) is 11.6 Å². The lowest BCUT2D eigenvalue weighted by Crippen LogP contribution is -2.00. The lowest BCUT2D eigenvalue weighted by Gasteiger charge is -2.03. The molecule has 0 N–H and O–H groups in total. The predicted molar refractivity (Wildman–Crippen MR) is 65.4 cm³/mol. The largest absolute Gasteiger partial charge is 0.294 e. The van der Waals surface area contributed by atoms with E-state index in [1.807, 2.05) is 0 Å². The van der Waals surface area contributed by atoms with Gasteiger partial charge in [0.25, 0.3) is 0 Å². The number of carbonyl (C=O) groups is 1. The van der Waals surface area contributed by atoms with E-state index in [0.717, 1.165) is 22.4 Å². The second kappa shape index (κ2) is 4.67. The van der Waals surface area contributed by atoms with Gasteiger partial charge in [-0.15, -0.1) is 0 Å². The third-order valence-corrected chi connectivity index (χ3v) is 3.60. The van der Waals surface area contributed by atoms with Gasteiger partial charge in [0.05, 0.1) is 0 Å². The maximum absolute atomic E-state index is 11.8. The van der Waals surface area contributed by atoms with Crippen molar-refractivity contribution in [3.8, 4) is 0 Å². The molecule has 0 atom stereocenters. The lowest BCUT2D eigenvalue weighted by atomic mass is 10.1. The maximum atomic E-state index is 11.8. The van der Waals surface area contributed by atoms with Crippen LogP contribution >= 0.6 is 27.5 Å². The summed E-state index contributed by atoms with van der Waals surface area (Å²) >= 11 is 9.18. The summed E-state index contributed by atoms with van der Waals surface area (Å²) in [5.41, 5.74) is 0.750. The van der Waals surface area contributed by atoms with E-state index in [0.29, 0.717) is 11.4 Å². The Hall–Kier alpha value is -0.340. The number of carbonyl (C=O) groups excluding carboxylic acids is 1. The number of Topliss-reactive ketones (excluding diaryl/α,β-unsaturated/α-hetero) is 1. The van der Waals surface area contributed by atoms with Crippen molar-refractivity contribution in [2.45, 2.75) is 25.7 Å². The van der Waals surface area contributed by atoms with Gasteiger partial charge in [0.1, 0.15) is 0 Å². The van der Waals surface area contributed by atoms with E-state index in [1.165, 1.54) is 12.8 Å². The number of hydrogen-bond acceptors (Lipinski definition) is 1. The molecule has 1 nitrogen and oxygen atoms in total. The fraction of sp³-hybridized carbons (Fsp3) is 0.417. The molecule has 0 heterocycles. The minimum absolute atomic E-state index is 0.213.